The minimum Gasteiger partial charge on any atom is -0.393 e. The SMILES string of the molecule is CO[S+](c1sc2nc(-c3cnc4nn(C)cc4c3)cc(-c3ccnn3C3CC3)c2c1N)C1CCC1. The molecular formula is C25H26N7OS2+. The zero-order chi connectivity index (χ0) is 23.7. The summed E-state index contributed by atoms with van der Waals surface area (Å²) in [5, 5.41) is 11.6. The van der Waals surface area contributed by atoms with Gasteiger partial charge in [-0.2, -0.15) is 14.4 Å². The van der Waals surface area contributed by atoms with Crippen LogP contribution >= 0.6 is 11.3 Å². The van der Waals surface area contributed by atoms with Gasteiger partial charge in [-0.15, -0.1) is 0 Å². The number of hydrogen-bond donors (Lipinski definition) is 1. The summed E-state index contributed by atoms with van der Waals surface area (Å²) >= 11 is 1.36. The Bertz CT molecular complexity index is 1580. The Hall–Kier alpha value is -2.95. The van der Waals surface area contributed by atoms with E-state index >= 15 is 0 Å². The lowest BCUT2D eigenvalue weighted by Gasteiger charge is -2.22. The molecule has 178 valence electrons. The highest BCUT2D eigenvalue weighted by molar-refractivity contribution is 7.95. The highest BCUT2D eigenvalue weighted by atomic mass is 32.2. The smallest absolute Gasteiger partial charge is 0.269 e. The van der Waals surface area contributed by atoms with E-state index in [1.54, 1.807) is 16.0 Å². The van der Waals surface area contributed by atoms with Gasteiger partial charge < -0.3 is 5.73 Å². The Labute approximate surface area is 209 Å². The maximum absolute atomic E-state index is 6.89. The molecule has 0 amide bonds. The summed E-state index contributed by atoms with van der Waals surface area (Å²) in [6, 6.07) is 6.82. The molecule has 35 heavy (non-hydrogen) atoms. The molecule has 0 radical (unpaired) electrons. The molecule has 5 aromatic rings. The number of nitrogens with zero attached hydrogens (tertiary/aromatic N) is 6. The quantitative estimate of drug-likeness (QED) is 0.323. The molecule has 0 aromatic carbocycles. The first-order chi connectivity index (χ1) is 17.1. The Morgan fingerprint density at radius 1 is 1.20 bits per heavy atom. The third kappa shape index (κ3) is 3.46. The fraction of sp³-hybridized carbons (Fsp3) is 0.360. The molecule has 1 atom stereocenters. The maximum atomic E-state index is 6.89. The third-order valence-corrected chi connectivity index (χ3v) is 10.6. The Balaban J connectivity index is 1.46. The van der Waals surface area contributed by atoms with Crippen LogP contribution < -0.4 is 5.73 Å². The molecule has 0 spiro atoms. The van der Waals surface area contributed by atoms with Crippen molar-refractivity contribution in [2.24, 2.45) is 7.05 Å². The predicted octanol–water partition coefficient (Wildman–Crippen LogP) is 5.12. The number of aromatic nitrogens is 6. The van der Waals surface area contributed by atoms with Crippen molar-refractivity contribution < 1.29 is 4.18 Å². The van der Waals surface area contributed by atoms with Crippen LogP contribution in [0.15, 0.2) is 41.0 Å². The van der Waals surface area contributed by atoms with Gasteiger partial charge in [-0.05, 0) is 50.3 Å². The molecule has 0 aliphatic heterocycles. The lowest BCUT2D eigenvalue weighted by molar-refractivity contribution is 0.429. The van der Waals surface area contributed by atoms with Crippen molar-refractivity contribution >= 4 is 49.5 Å². The van der Waals surface area contributed by atoms with Crippen molar-refractivity contribution in [3.63, 3.8) is 0 Å². The van der Waals surface area contributed by atoms with Crippen molar-refractivity contribution in [3.8, 4) is 22.5 Å². The molecule has 2 fully saturated rings. The molecule has 2 aliphatic rings. The number of pyridine rings is 2. The fourth-order valence-corrected chi connectivity index (χ4v) is 8.70. The van der Waals surface area contributed by atoms with Gasteiger partial charge in [0.2, 0.25) is 11.2 Å². The molecule has 5 heterocycles. The lowest BCUT2D eigenvalue weighted by Crippen LogP contribution is -2.29. The van der Waals surface area contributed by atoms with Crippen LogP contribution in [0.25, 0.3) is 43.8 Å². The normalized spacial score (nSPS) is 17.3. The summed E-state index contributed by atoms with van der Waals surface area (Å²) in [6.45, 7) is 0. The highest BCUT2D eigenvalue weighted by Gasteiger charge is 2.43. The monoisotopic (exact) mass is 504 g/mol. The fourth-order valence-electron chi connectivity index (χ4n) is 4.86. The van der Waals surface area contributed by atoms with E-state index in [0.717, 1.165) is 66.5 Å². The molecule has 1 unspecified atom stereocenters. The minimum atomic E-state index is -0.313. The summed E-state index contributed by atoms with van der Waals surface area (Å²) in [5.74, 6) is 0. The van der Waals surface area contributed by atoms with E-state index in [0.29, 0.717) is 11.3 Å². The summed E-state index contributed by atoms with van der Waals surface area (Å²) in [7, 11) is 3.72. The predicted molar refractivity (Wildman–Crippen MR) is 141 cm³/mol. The van der Waals surface area contributed by atoms with Crippen LogP contribution in [0.2, 0.25) is 0 Å². The highest BCUT2D eigenvalue weighted by Crippen LogP contribution is 2.48. The van der Waals surface area contributed by atoms with Gasteiger partial charge in [0.1, 0.15) is 10.5 Å². The van der Waals surface area contributed by atoms with Crippen molar-refractivity contribution in [1.82, 2.24) is 29.5 Å². The van der Waals surface area contributed by atoms with Crippen LogP contribution in [0.5, 0.6) is 0 Å². The van der Waals surface area contributed by atoms with Gasteiger partial charge in [0, 0.05) is 47.5 Å². The summed E-state index contributed by atoms with van der Waals surface area (Å²) < 4.78 is 11.1. The molecule has 0 bridgehead atoms. The first-order valence-corrected chi connectivity index (χ1v) is 14.0. The molecule has 2 aliphatic carbocycles. The average molecular weight is 505 g/mol. The van der Waals surface area contributed by atoms with Gasteiger partial charge in [-0.25, -0.2) is 9.97 Å². The topological polar surface area (TPSA) is 96.7 Å². The molecule has 10 heteroatoms. The molecule has 8 nitrogen and oxygen atoms in total. The van der Waals surface area contributed by atoms with Crippen molar-refractivity contribution in [2.45, 2.75) is 47.6 Å². The average Bonchev–Trinajstić information content (AvgIpc) is 3.28. The summed E-state index contributed by atoms with van der Waals surface area (Å²) in [6.07, 6.45) is 11.7. The number of fused-ring (bicyclic) bond motifs is 2. The lowest BCUT2D eigenvalue weighted by atomic mass is 10.00. The molecular weight excluding hydrogens is 478 g/mol. The zero-order valence-electron chi connectivity index (χ0n) is 19.6. The molecule has 2 saturated carbocycles. The van der Waals surface area contributed by atoms with E-state index in [9.17, 15) is 0 Å². The van der Waals surface area contributed by atoms with Crippen LogP contribution in [0.1, 0.15) is 38.1 Å². The Kier molecular flexibility index (Phi) is 4.90. The van der Waals surface area contributed by atoms with E-state index in [1.165, 1.54) is 19.3 Å². The number of aryl methyl sites for hydroxylation is 1. The van der Waals surface area contributed by atoms with Gasteiger partial charge in [-0.1, -0.05) is 11.3 Å². The van der Waals surface area contributed by atoms with Crippen molar-refractivity contribution in [3.05, 3.63) is 36.8 Å². The maximum Gasteiger partial charge on any atom is 0.269 e. The van der Waals surface area contributed by atoms with Crippen molar-refractivity contribution in [2.75, 3.05) is 12.8 Å². The Morgan fingerprint density at radius 2 is 2.06 bits per heavy atom. The van der Waals surface area contributed by atoms with Crippen molar-refractivity contribution in [1.29, 1.82) is 0 Å². The summed E-state index contributed by atoms with van der Waals surface area (Å²) in [5.41, 5.74) is 12.4. The van der Waals surface area contributed by atoms with Crippen LogP contribution in [0.4, 0.5) is 5.69 Å². The van der Waals surface area contributed by atoms with Gasteiger partial charge in [0.05, 0.1) is 24.5 Å². The number of rotatable bonds is 6. The second-order valence-electron chi connectivity index (χ2n) is 9.39. The minimum absolute atomic E-state index is 0.313. The van der Waals surface area contributed by atoms with Gasteiger partial charge >= 0.3 is 0 Å². The number of nitrogens with two attached hydrogens (primary N) is 1. The second kappa shape index (κ2) is 8.04. The zero-order valence-corrected chi connectivity index (χ0v) is 21.3. The first kappa shape index (κ1) is 21.3. The molecule has 5 aromatic heterocycles. The number of hydrogen-bond acceptors (Lipinski definition) is 7. The standard InChI is InChI=1S/C25H26N7OS2/c1-31-13-15-10-14(12-27-23(15)30-31)19-11-18(20-8-9-28-32(20)16-6-7-16)21-22(26)25(34-24(21)29-19)35(33-2)17-4-3-5-17/h8-13,16-17H,3-7,26H2,1-2H3/q+1. The molecule has 0 saturated heterocycles. The first-order valence-electron chi connectivity index (χ1n) is 11.9. The van der Waals surface area contributed by atoms with Gasteiger partial charge in [0.15, 0.2) is 10.9 Å². The Morgan fingerprint density at radius 3 is 2.80 bits per heavy atom. The van der Waals surface area contributed by atoms with E-state index < -0.39 is 0 Å². The largest absolute Gasteiger partial charge is 0.393 e. The van der Waals surface area contributed by atoms with E-state index in [-0.39, 0.29) is 11.2 Å². The number of anilines is 1. The molecule has 2 N–H and O–H groups in total. The van der Waals surface area contributed by atoms with E-state index in [1.807, 2.05) is 32.7 Å². The molecule has 7 rings (SSSR count). The van der Waals surface area contributed by atoms with Gasteiger partial charge in [-0.3, -0.25) is 9.36 Å². The summed E-state index contributed by atoms with van der Waals surface area (Å²) in [4.78, 5) is 10.6. The van der Waals surface area contributed by atoms with Crippen LogP contribution in [0, 0.1) is 0 Å². The van der Waals surface area contributed by atoms with Crippen LogP contribution in [-0.2, 0) is 22.4 Å². The van der Waals surface area contributed by atoms with Crippen LogP contribution in [0.3, 0.4) is 0 Å². The third-order valence-electron chi connectivity index (χ3n) is 6.99. The van der Waals surface area contributed by atoms with Gasteiger partial charge in [0.25, 0.3) is 4.21 Å². The van der Waals surface area contributed by atoms with Crippen LogP contribution in [-0.4, -0.2) is 41.9 Å². The van der Waals surface area contributed by atoms with E-state index in [4.69, 9.17) is 14.9 Å². The van der Waals surface area contributed by atoms with E-state index in [2.05, 4.69) is 38.1 Å². The number of thiophene rings is 1. The second-order valence-corrected chi connectivity index (χ2v) is 12.6. The number of nitrogen functional groups attached to an aromatic ring is 1.